The normalized spacial score (nSPS) is 12.4. The molecule has 3 aromatic carbocycles. The van der Waals surface area contributed by atoms with E-state index in [2.05, 4.69) is 4.72 Å². The predicted octanol–water partition coefficient (Wildman–Crippen LogP) is 5.28. The first-order valence-electron chi connectivity index (χ1n) is 9.34. The van der Waals surface area contributed by atoms with Gasteiger partial charge in [-0.25, -0.2) is 13.1 Å². The zero-order valence-electron chi connectivity index (χ0n) is 16.6. The Bertz CT molecular complexity index is 1240. The molecule has 0 aromatic heterocycles. The quantitative estimate of drug-likeness (QED) is 0.174. The van der Waals surface area contributed by atoms with E-state index in [1.54, 1.807) is 24.3 Å². The number of rotatable bonds is 9. The Balaban J connectivity index is 1.79. The van der Waals surface area contributed by atoms with E-state index in [9.17, 15) is 18.5 Å². The van der Waals surface area contributed by atoms with Crippen LogP contribution in [0.2, 0.25) is 10.0 Å². The van der Waals surface area contributed by atoms with E-state index < -0.39 is 20.6 Å². The van der Waals surface area contributed by atoms with Crippen molar-refractivity contribution in [3.63, 3.8) is 0 Å². The second-order valence-corrected chi connectivity index (χ2v) is 10.5. The molecule has 1 atom stereocenters. The number of nitrogens with two attached hydrogens (primary N) is 1. The van der Waals surface area contributed by atoms with Crippen LogP contribution in [0.4, 0.5) is 11.4 Å². The number of nitro benzene ring substituents is 1. The van der Waals surface area contributed by atoms with Gasteiger partial charge in [0, 0.05) is 34.1 Å². The van der Waals surface area contributed by atoms with Crippen molar-refractivity contribution in [3.05, 3.63) is 98.0 Å². The number of hydrogen-bond donors (Lipinski definition) is 2. The largest absolute Gasteiger partial charge is 0.398 e. The number of anilines is 1. The fraction of sp³-hybridized carbons (Fsp3) is 0.143. The molecule has 0 saturated heterocycles. The first-order valence-corrected chi connectivity index (χ1v) is 12.6. The Morgan fingerprint density at radius 3 is 2.44 bits per heavy atom. The summed E-state index contributed by atoms with van der Waals surface area (Å²) in [4.78, 5) is 10.1. The molecule has 3 N–H and O–H groups in total. The van der Waals surface area contributed by atoms with E-state index in [0.717, 1.165) is 17.2 Å². The monoisotopic (exact) mass is 511 g/mol. The van der Waals surface area contributed by atoms with Crippen LogP contribution in [-0.2, 0) is 10.0 Å². The maximum Gasteiger partial charge on any atom is 0.289 e. The Hall–Kier alpha value is -2.30. The van der Waals surface area contributed by atoms with Gasteiger partial charge in [-0.05, 0) is 41.5 Å². The summed E-state index contributed by atoms with van der Waals surface area (Å²) in [7, 11) is -4.06. The van der Waals surface area contributed by atoms with E-state index in [1.807, 2.05) is 18.2 Å². The van der Waals surface area contributed by atoms with Crippen molar-refractivity contribution in [2.75, 3.05) is 18.0 Å². The van der Waals surface area contributed by atoms with Gasteiger partial charge in [0.1, 0.15) is 0 Å². The van der Waals surface area contributed by atoms with E-state index in [4.69, 9.17) is 28.9 Å². The van der Waals surface area contributed by atoms with Crippen LogP contribution in [0, 0.1) is 10.1 Å². The number of hydrogen-bond acceptors (Lipinski definition) is 6. The summed E-state index contributed by atoms with van der Waals surface area (Å²) in [5, 5.41) is 11.9. The highest BCUT2D eigenvalue weighted by Crippen LogP contribution is 2.42. The highest BCUT2D eigenvalue weighted by Gasteiger charge is 2.25. The van der Waals surface area contributed by atoms with Gasteiger partial charge in [-0.15, -0.1) is 11.8 Å². The average Bonchev–Trinajstić information content (AvgIpc) is 2.76. The molecule has 1 unspecified atom stereocenters. The average molecular weight is 512 g/mol. The van der Waals surface area contributed by atoms with Gasteiger partial charge in [-0.3, -0.25) is 10.1 Å². The van der Waals surface area contributed by atoms with Crippen molar-refractivity contribution >= 4 is 56.4 Å². The van der Waals surface area contributed by atoms with Crippen LogP contribution in [0.3, 0.4) is 0 Å². The first-order chi connectivity index (χ1) is 15.2. The molecule has 0 radical (unpaired) electrons. The van der Waals surface area contributed by atoms with Crippen molar-refractivity contribution in [1.82, 2.24) is 4.72 Å². The number of nitrogens with zero attached hydrogens (tertiary/aromatic N) is 1. The third kappa shape index (κ3) is 5.73. The molecular formula is C21H19Cl2N3O4S2. The van der Waals surface area contributed by atoms with Crippen LogP contribution in [0.1, 0.15) is 16.4 Å². The number of para-hydroxylation sites is 1. The van der Waals surface area contributed by atoms with Crippen LogP contribution in [-0.4, -0.2) is 25.6 Å². The van der Waals surface area contributed by atoms with E-state index in [1.165, 1.54) is 30.0 Å². The van der Waals surface area contributed by atoms with Crippen molar-refractivity contribution in [3.8, 4) is 0 Å². The SMILES string of the molecule is Nc1ccc(Cl)cc1C(SCCNS(=O)(=O)c1ccccc1[N+](=O)[O-])c1ccccc1Cl. The maximum atomic E-state index is 12.6. The van der Waals surface area contributed by atoms with Crippen molar-refractivity contribution in [2.45, 2.75) is 10.1 Å². The highest BCUT2D eigenvalue weighted by atomic mass is 35.5. The smallest absolute Gasteiger partial charge is 0.289 e. The summed E-state index contributed by atoms with van der Waals surface area (Å²) < 4.78 is 27.6. The molecule has 32 heavy (non-hydrogen) atoms. The molecule has 0 aliphatic carbocycles. The Morgan fingerprint density at radius 2 is 1.72 bits per heavy atom. The molecule has 7 nitrogen and oxygen atoms in total. The molecule has 0 aliphatic heterocycles. The molecule has 0 fully saturated rings. The summed E-state index contributed by atoms with van der Waals surface area (Å²) in [5.74, 6) is 0.349. The zero-order chi connectivity index (χ0) is 23.3. The number of nitro groups is 1. The zero-order valence-corrected chi connectivity index (χ0v) is 19.7. The highest BCUT2D eigenvalue weighted by molar-refractivity contribution is 7.99. The minimum atomic E-state index is -4.06. The van der Waals surface area contributed by atoms with E-state index in [-0.39, 0.29) is 16.7 Å². The lowest BCUT2D eigenvalue weighted by atomic mass is 10.0. The lowest BCUT2D eigenvalue weighted by Crippen LogP contribution is -2.27. The van der Waals surface area contributed by atoms with Crippen molar-refractivity contribution < 1.29 is 13.3 Å². The van der Waals surface area contributed by atoms with Gasteiger partial charge in [0.15, 0.2) is 4.90 Å². The van der Waals surface area contributed by atoms with Crippen LogP contribution in [0.15, 0.2) is 71.6 Å². The Labute approximate surface area is 200 Å². The van der Waals surface area contributed by atoms with Gasteiger partial charge >= 0.3 is 0 Å². The van der Waals surface area contributed by atoms with Crippen LogP contribution < -0.4 is 10.5 Å². The van der Waals surface area contributed by atoms with Crippen molar-refractivity contribution in [2.24, 2.45) is 0 Å². The van der Waals surface area contributed by atoms with Crippen molar-refractivity contribution in [1.29, 1.82) is 0 Å². The van der Waals surface area contributed by atoms with Gasteiger partial charge < -0.3 is 5.73 Å². The second-order valence-electron chi connectivity index (χ2n) is 6.67. The second kappa shape index (κ2) is 10.5. The molecule has 0 amide bonds. The molecule has 0 bridgehead atoms. The molecule has 168 valence electrons. The summed E-state index contributed by atoms with van der Waals surface area (Å²) in [6.45, 7) is 0.0421. The standard InChI is InChI=1S/C21H19Cl2N3O4S2/c22-14-9-10-18(24)16(13-14)21(15-5-1-2-6-17(15)23)31-12-11-25-32(29,30)20-8-4-3-7-19(20)26(27)28/h1-10,13,21,25H,11-12,24H2. The van der Waals surface area contributed by atoms with Gasteiger partial charge in [0.25, 0.3) is 5.69 Å². The van der Waals surface area contributed by atoms with Gasteiger partial charge in [0.05, 0.1) is 10.2 Å². The van der Waals surface area contributed by atoms with E-state index in [0.29, 0.717) is 21.5 Å². The van der Waals surface area contributed by atoms with Gasteiger partial charge in [-0.1, -0.05) is 53.5 Å². The number of benzene rings is 3. The fourth-order valence-electron chi connectivity index (χ4n) is 3.07. The summed E-state index contributed by atoms with van der Waals surface area (Å²) in [5.41, 5.74) is 7.81. The lowest BCUT2D eigenvalue weighted by Gasteiger charge is -2.21. The third-order valence-corrected chi connectivity index (χ3v) is 7.92. The molecule has 0 spiro atoms. The number of thioether (sulfide) groups is 1. The van der Waals surface area contributed by atoms with Crippen LogP contribution in [0.5, 0.6) is 0 Å². The molecule has 3 aromatic rings. The summed E-state index contributed by atoms with van der Waals surface area (Å²) in [6, 6.07) is 17.7. The first kappa shape index (κ1) is 24.3. The summed E-state index contributed by atoms with van der Waals surface area (Å²) >= 11 is 14.0. The number of nitrogen functional groups attached to an aromatic ring is 1. The third-order valence-electron chi connectivity index (χ3n) is 4.55. The van der Waals surface area contributed by atoms with Gasteiger partial charge in [0.2, 0.25) is 10.0 Å². The lowest BCUT2D eigenvalue weighted by molar-refractivity contribution is -0.387. The fourth-order valence-corrected chi connectivity index (χ4v) is 6.12. The topological polar surface area (TPSA) is 115 Å². The molecule has 3 rings (SSSR count). The van der Waals surface area contributed by atoms with E-state index >= 15 is 0 Å². The molecule has 11 heteroatoms. The minimum Gasteiger partial charge on any atom is -0.398 e. The minimum absolute atomic E-state index is 0.0421. The Kier molecular flexibility index (Phi) is 8.02. The number of nitrogens with one attached hydrogen (secondary N) is 1. The van der Waals surface area contributed by atoms with Crippen LogP contribution in [0.25, 0.3) is 0 Å². The molecule has 0 heterocycles. The molecular weight excluding hydrogens is 493 g/mol. The predicted molar refractivity (Wildman–Crippen MR) is 130 cm³/mol. The van der Waals surface area contributed by atoms with Gasteiger partial charge in [-0.2, -0.15) is 0 Å². The number of halogens is 2. The maximum absolute atomic E-state index is 12.6. The Morgan fingerprint density at radius 1 is 1.03 bits per heavy atom. The molecule has 0 saturated carbocycles. The van der Waals surface area contributed by atoms with Crippen LogP contribution >= 0.6 is 35.0 Å². The number of sulfonamides is 1. The summed E-state index contributed by atoms with van der Waals surface area (Å²) in [6.07, 6.45) is 0. The molecule has 0 aliphatic rings.